The molecule has 2 aromatic carbocycles. The molecule has 3 aromatic rings. The molecule has 0 saturated carbocycles. The van der Waals surface area contributed by atoms with E-state index in [4.69, 9.17) is 5.73 Å². The number of halogens is 3. The van der Waals surface area contributed by atoms with Crippen LogP contribution in [0, 0.1) is 11.3 Å². The van der Waals surface area contributed by atoms with Crippen LogP contribution in [0.4, 0.5) is 19.0 Å². The average Bonchev–Trinajstić information content (AvgIpc) is 2.61. The molecule has 1 aromatic heterocycles. The van der Waals surface area contributed by atoms with E-state index >= 15 is 0 Å². The fraction of sp³-hybridized carbons (Fsp3) is 0.0526. The first-order valence-electron chi connectivity index (χ1n) is 7.49. The lowest BCUT2D eigenvalue weighted by molar-refractivity contribution is -0.274. The Hall–Kier alpha value is -3.53. The predicted molar refractivity (Wildman–Crippen MR) is 90.9 cm³/mol. The van der Waals surface area contributed by atoms with Gasteiger partial charge in [-0.2, -0.15) is 5.26 Å². The lowest BCUT2D eigenvalue weighted by atomic mass is 9.98. The van der Waals surface area contributed by atoms with Crippen LogP contribution in [0.1, 0.15) is 5.56 Å². The lowest BCUT2D eigenvalue weighted by Gasteiger charge is -2.12. The molecule has 0 atom stereocenters. The lowest BCUT2D eigenvalue weighted by Crippen LogP contribution is -2.16. The largest absolute Gasteiger partial charge is 0.573 e. The summed E-state index contributed by atoms with van der Waals surface area (Å²) in [6.07, 6.45) is -4.76. The van der Waals surface area contributed by atoms with Gasteiger partial charge in [0.2, 0.25) is 0 Å². The number of hydrogen-bond donors (Lipinski definition) is 1. The Morgan fingerprint density at radius 1 is 0.962 bits per heavy atom. The molecule has 4 nitrogen and oxygen atoms in total. The van der Waals surface area contributed by atoms with Crippen molar-refractivity contribution < 1.29 is 17.9 Å². The Balaban J connectivity index is 2.06. The number of ether oxygens (including phenoxy) is 1. The van der Waals surface area contributed by atoms with E-state index in [0.717, 1.165) is 5.56 Å². The Labute approximate surface area is 147 Å². The van der Waals surface area contributed by atoms with Crippen molar-refractivity contribution in [2.45, 2.75) is 6.36 Å². The molecule has 0 bridgehead atoms. The van der Waals surface area contributed by atoms with Crippen molar-refractivity contribution in [2.24, 2.45) is 0 Å². The summed E-state index contributed by atoms with van der Waals surface area (Å²) in [7, 11) is 0. The average molecular weight is 355 g/mol. The fourth-order valence-corrected chi connectivity index (χ4v) is 2.50. The Morgan fingerprint density at radius 3 is 2.19 bits per heavy atom. The highest BCUT2D eigenvalue weighted by molar-refractivity contribution is 5.80. The number of nitrogens with zero attached hydrogens (tertiary/aromatic N) is 2. The van der Waals surface area contributed by atoms with Crippen molar-refractivity contribution in [1.29, 1.82) is 5.26 Å². The van der Waals surface area contributed by atoms with Gasteiger partial charge in [-0.25, -0.2) is 4.98 Å². The van der Waals surface area contributed by atoms with Gasteiger partial charge in [0.1, 0.15) is 23.2 Å². The van der Waals surface area contributed by atoms with Gasteiger partial charge < -0.3 is 10.5 Å². The third kappa shape index (κ3) is 3.75. The van der Waals surface area contributed by atoms with Crippen LogP contribution in [0.15, 0.2) is 60.7 Å². The molecule has 130 valence electrons. The zero-order valence-electron chi connectivity index (χ0n) is 13.3. The van der Waals surface area contributed by atoms with Gasteiger partial charge in [0, 0.05) is 11.1 Å². The molecular weight excluding hydrogens is 343 g/mol. The maximum atomic E-state index is 12.3. The number of rotatable bonds is 3. The van der Waals surface area contributed by atoms with Crippen molar-refractivity contribution in [1.82, 2.24) is 4.98 Å². The summed E-state index contributed by atoms with van der Waals surface area (Å²) in [6, 6.07) is 18.1. The van der Waals surface area contributed by atoms with E-state index in [9.17, 15) is 18.4 Å². The van der Waals surface area contributed by atoms with Gasteiger partial charge in [-0.1, -0.05) is 42.5 Å². The molecule has 0 aliphatic rings. The summed E-state index contributed by atoms with van der Waals surface area (Å²) in [5.74, 6) is -0.287. The van der Waals surface area contributed by atoms with E-state index < -0.39 is 6.36 Å². The van der Waals surface area contributed by atoms with Gasteiger partial charge in [-0.3, -0.25) is 0 Å². The normalized spacial score (nSPS) is 11.0. The molecule has 3 rings (SSSR count). The highest BCUT2D eigenvalue weighted by Crippen LogP contribution is 2.32. The van der Waals surface area contributed by atoms with E-state index in [2.05, 4.69) is 9.72 Å². The monoisotopic (exact) mass is 355 g/mol. The van der Waals surface area contributed by atoms with E-state index in [1.165, 1.54) is 24.3 Å². The summed E-state index contributed by atoms with van der Waals surface area (Å²) >= 11 is 0. The number of pyridine rings is 1. The maximum Gasteiger partial charge on any atom is 0.573 e. The molecule has 0 spiro atoms. The van der Waals surface area contributed by atoms with Crippen molar-refractivity contribution in [3.05, 3.63) is 66.2 Å². The SMILES string of the molecule is N#Cc1c(-c2ccc(OC(F)(F)F)cc2)cc(-c2ccccc2)nc1N. The minimum atomic E-state index is -4.76. The first-order valence-corrected chi connectivity index (χ1v) is 7.49. The molecule has 0 radical (unpaired) electrons. The van der Waals surface area contributed by atoms with Crippen molar-refractivity contribution in [3.8, 4) is 34.2 Å². The molecule has 0 saturated heterocycles. The predicted octanol–water partition coefficient (Wildman–Crippen LogP) is 4.77. The van der Waals surface area contributed by atoms with Gasteiger partial charge in [-0.15, -0.1) is 13.2 Å². The fourth-order valence-electron chi connectivity index (χ4n) is 2.50. The van der Waals surface area contributed by atoms with Crippen LogP contribution in [0.2, 0.25) is 0 Å². The molecule has 2 N–H and O–H groups in total. The molecule has 0 amide bonds. The molecule has 7 heteroatoms. The van der Waals surface area contributed by atoms with Crippen LogP contribution in [0.3, 0.4) is 0 Å². The Bertz CT molecular complexity index is 962. The van der Waals surface area contributed by atoms with E-state index in [-0.39, 0.29) is 17.1 Å². The van der Waals surface area contributed by atoms with Crippen molar-refractivity contribution in [3.63, 3.8) is 0 Å². The molecular formula is C19H12F3N3O. The zero-order chi connectivity index (χ0) is 18.7. The first-order chi connectivity index (χ1) is 12.4. The van der Waals surface area contributed by atoms with Crippen LogP contribution in [-0.4, -0.2) is 11.3 Å². The van der Waals surface area contributed by atoms with Gasteiger partial charge in [-0.05, 0) is 23.8 Å². The van der Waals surface area contributed by atoms with Gasteiger partial charge in [0.25, 0.3) is 0 Å². The van der Waals surface area contributed by atoms with Gasteiger partial charge >= 0.3 is 6.36 Å². The number of benzene rings is 2. The highest BCUT2D eigenvalue weighted by Gasteiger charge is 2.31. The summed E-state index contributed by atoms with van der Waals surface area (Å²) in [6.45, 7) is 0. The quantitative estimate of drug-likeness (QED) is 0.735. The molecule has 0 aliphatic carbocycles. The van der Waals surface area contributed by atoms with E-state index in [0.29, 0.717) is 16.8 Å². The number of hydrogen-bond acceptors (Lipinski definition) is 4. The number of alkyl halides is 3. The third-order valence-electron chi connectivity index (χ3n) is 3.63. The van der Waals surface area contributed by atoms with Gasteiger partial charge in [0.05, 0.1) is 5.69 Å². The minimum Gasteiger partial charge on any atom is -0.406 e. The highest BCUT2D eigenvalue weighted by atomic mass is 19.4. The van der Waals surface area contributed by atoms with E-state index in [1.807, 2.05) is 36.4 Å². The maximum absolute atomic E-state index is 12.3. The second-order valence-corrected chi connectivity index (χ2v) is 5.37. The molecule has 0 fully saturated rings. The number of nitrogen functional groups attached to an aromatic ring is 1. The minimum absolute atomic E-state index is 0.0551. The molecule has 0 aliphatic heterocycles. The molecule has 0 unspecified atom stereocenters. The van der Waals surface area contributed by atoms with Crippen LogP contribution in [0.25, 0.3) is 22.4 Å². The topological polar surface area (TPSA) is 71.9 Å². The van der Waals surface area contributed by atoms with Crippen LogP contribution in [0.5, 0.6) is 5.75 Å². The first kappa shape index (κ1) is 17.3. The van der Waals surface area contributed by atoms with Crippen molar-refractivity contribution in [2.75, 3.05) is 5.73 Å². The smallest absolute Gasteiger partial charge is 0.406 e. The number of aromatic nitrogens is 1. The molecule has 26 heavy (non-hydrogen) atoms. The summed E-state index contributed by atoms with van der Waals surface area (Å²) < 4.78 is 40.7. The summed E-state index contributed by atoms with van der Waals surface area (Å²) in [5.41, 5.74) is 8.46. The number of nitrogens with two attached hydrogens (primary N) is 1. The van der Waals surface area contributed by atoms with Gasteiger partial charge in [0.15, 0.2) is 0 Å². The van der Waals surface area contributed by atoms with Crippen LogP contribution in [-0.2, 0) is 0 Å². The zero-order valence-corrected chi connectivity index (χ0v) is 13.3. The third-order valence-corrected chi connectivity index (χ3v) is 3.63. The van der Waals surface area contributed by atoms with Crippen LogP contribution < -0.4 is 10.5 Å². The number of anilines is 1. The Morgan fingerprint density at radius 2 is 1.62 bits per heavy atom. The van der Waals surface area contributed by atoms with Crippen molar-refractivity contribution >= 4 is 5.82 Å². The van der Waals surface area contributed by atoms with Crippen LogP contribution >= 0.6 is 0 Å². The second-order valence-electron chi connectivity index (χ2n) is 5.37. The van der Waals surface area contributed by atoms with E-state index in [1.54, 1.807) is 6.07 Å². The second kappa shape index (κ2) is 6.76. The molecule has 1 heterocycles. The Kier molecular flexibility index (Phi) is 4.50. The summed E-state index contributed by atoms with van der Waals surface area (Å²) in [5, 5.41) is 9.39. The number of nitriles is 1. The summed E-state index contributed by atoms with van der Waals surface area (Å²) in [4.78, 5) is 4.25. The standard InChI is InChI=1S/C19H12F3N3O/c20-19(21,22)26-14-8-6-12(7-9-14)15-10-17(13-4-2-1-3-5-13)25-18(24)16(15)11-23/h1-10H,(H2,24,25).